The smallest absolute Gasteiger partial charge is 0.0896 e. The standard InChI is InChI=1S/C13H25NO2/c1-12(2)10(8-14(5)9-6-7-9)11(15)13(3,4)16-12/h9-11,15H,6-8H2,1-5H3. The van der Waals surface area contributed by atoms with Crippen molar-refractivity contribution in [1.82, 2.24) is 4.90 Å². The lowest BCUT2D eigenvalue weighted by atomic mass is 9.84. The predicted octanol–water partition coefficient (Wildman–Crippen LogP) is 1.65. The van der Waals surface area contributed by atoms with E-state index in [1.807, 2.05) is 13.8 Å². The molecule has 0 aromatic rings. The van der Waals surface area contributed by atoms with Crippen molar-refractivity contribution in [1.29, 1.82) is 0 Å². The number of rotatable bonds is 3. The van der Waals surface area contributed by atoms with E-state index < -0.39 is 5.60 Å². The van der Waals surface area contributed by atoms with Crippen LogP contribution in [0.5, 0.6) is 0 Å². The summed E-state index contributed by atoms with van der Waals surface area (Å²) in [5.74, 6) is 0.202. The third kappa shape index (κ3) is 2.13. The van der Waals surface area contributed by atoms with Crippen LogP contribution < -0.4 is 0 Å². The van der Waals surface area contributed by atoms with Crippen molar-refractivity contribution in [2.24, 2.45) is 5.92 Å². The first-order chi connectivity index (χ1) is 7.24. The molecule has 2 rings (SSSR count). The maximum Gasteiger partial charge on any atom is 0.0896 e. The maximum atomic E-state index is 10.4. The van der Waals surface area contributed by atoms with Crippen molar-refractivity contribution in [3.8, 4) is 0 Å². The van der Waals surface area contributed by atoms with Crippen molar-refractivity contribution in [3.63, 3.8) is 0 Å². The highest BCUT2D eigenvalue weighted by Crippen LogP contribution is 2.43. The summed E-state index contributed by atoms with van der Waals surface area (Å²) < 4.78 is 5.99. The molecule has 3 nitrogen and oxygen atoms in total. The Balaban J connectivity index is 2.06. The van der Waals surface area contributed by atoms with Gasteiger partial charge in [-0.1, -0.05) is 0 Å². The van der Waals surface area contributed by atoms with Crippen molar-refractivity contribution >= 4 is 0 Å². The predicted molar refractivity (Wildman–Crippen MR) is 64.4 cm³/mol. The van der Waals surface area contributed by atoms with E-state index in [9.17, 15) is 5.11 Å². The molecule has 16 heavy (non-hydrogen) atoms. The Kier molecular flexibility index (Phi) is 2.84. The molecule has 2 atom stereocenters. The second kappa shape index (κ2) is 3.69. The summed E-state index contributed by atoms with van der Waals surface area (Å²) in [5.41, 5.74) is -0.648. The molecule has 1 aliphatic carbocycles. The molecule has 0 amide bonds. The van der Waals surface area contributed by atoms with Crippen molar-refractivity contribution in [2.75, 3.05) is 13.6 Å². The van der Waals surface area contributed by atoms with Gasteiger partial charge in [0.2, 0.25) is 0 Å². The zero-order chi connectivity index (χ0) is 12.1. The van der Waals surface area contributed by atoms with Gasteiger partial charge in [-0.25, -0.2) is 0 Å². The Morgan fingerprint density at radius 2 is 1.75 bits per heavy atom. The Morgan fingerprint density at radius 3 is 2.12 bits per heavy atom. The average Bonchev–Trinajstić information content (AvgIpc) is 2.90. The number of aliphatic hydroxyl groups excluding tert-OH is 1. The van der Waals surface area contributed by atoms with Crippen LogP contribution in [-0.4, -0.2) is 46.9 Å². The molecule has 2 fully saturated rings. The van der Waals surface area contributed by atoms with E-state index in [-0.39, 0.29) is 17.6 Å². The van der Waals surface area contributed by atoms with Crippen LogP contribution in [0.4, 0.5) is 0 Å². The molecule has 1 saturated carbocycles. The summed E-state index contributed by atoms with van der Waals surface area (Å²) in [6.07, 6.45) is 2.25. The van der Waals surface area contributed by atoms with Gasteiger partial charge in [0.25, 0.3) is 0 Å². The molecule has 1 aliphatic heterocycles. The maximum absolute atomic E-state index is 10.4. The summed E-state index contributed by atoms with van der Waals surface area (Å²) >= 11 is 0. The molecule has 0 aromatic carbocycles. The summed E-state index contributed by atoms with van der Waals surface area (Å²) in [7, 11) is 2.16. The quantitative estimate of drug-likeness (QED) is 0.795. The van der Waals surface area contributed by atoms with E-state index in [0.29, 0.717) is 0 Å². The van der Waals surface area contributed by atoms with Gasteiger partial charge in [-0.2, -0.15) is 0 Å². The molecule has 1 heterocycles. The van der Waals surface area contributed by atoms with Gasteiger partial charge in [-0.15, -0.1) is 0 Å². The minimum Gasteiger partial charge on any atom is -0.390 e. The van der Waals surface area contributed by atoms with Crippen LogP contribution in [0, 0.1) is 5.92 Å². The van der Waals surface area contributed by atoms with Gasteiger partial charge in [-0.3, -0.25) is 0 Å². The number of aliphatic hydroxyl groups is 1. The second-order valence-corrected chi connectivity index (χ2v) is 6.53. The van der Waals surface area contributed by atoms with Crippen LogP contribution in [0.1, 0.15) is 40.5 Å². The minimum atomic E-state index is -0.418. The van der Waals surface area contributed by atoms with E-state index in [4.69, 9.17) is 4.74 Å². The van der Waals surface area contributed by atoms with Gasteiger partial charge in [0.1, 0.15) is 0 Å². The zero-order valence-electron chi connectivity index (χ0n) is 11.2. The highest BCUT2D eigenvalue weighted by molar-refractivity contribution is 5.03. The molecule has 0 bridgehead atoms. The first-order valence-electron chi connectivity index (χ1n) is 6.32. The molecule has 1 saturated heterocycles. The van der Waals surface area contributed by atoms with Gasteiger partial charge in [0.15, 0.2) is 0 Å². The van der Waals surface area contributed by atoms with Crippen LogP contribution in [-0.2, 0) is 4.74 Å². The molecule has 2 aliphatic rings. The fraction of sp³-hybridized carbons (Fsp3) is 1.00. The third-order valence-electron chi connectivity index (χ3n) is 4.17. The van der Waals surface area contributed by atoms with Crippen molar-refractivity contribution < 1.29 is 9.84 Å². The van der Waals surface area contributed by atoms with E-state index in [0.717, 1.165) is 12.6 Å². The van der Waals surface area contributed by atoms with Crippen LogP contribution in [0.15, 0.2) is 0 Å². The number of hydrogen-bond donors (Lipinski definition) is 1. The highest BCUT2D eigenvalue weighted by Gasteiger charge is 2.53. The first-order valence-corrected chi connectivity index (χ1v) is 6.32. The lowest BCUT2D eigenvalue weighted by molar-refractivity contribution is -0.0912. The molecule has 0 aromatic heterocycles. The first kappa shape index (κ1) is 12.3. The van der Waals surface area contributed by atoms with Crippen LogP contribution in [0.2, 0.25) is 0 Å². The third-order valence-corrected chi connectivity index (χ3v) is 4.17. The fourth-order valence-corrected chi connectivity index (χ4v) is 2.97. The molecule has 2 unspecified atom stereocenters. The van der Waals surface area contributed by atoms with E-state index >= 15 is 0 Å². The van der Waals surface area contributed by atoms with E-state index in [2.05, 4.69) is 25.8 Å². The summed E-state index contributed by atoms with van der Waals surface area (Å²) in [6.45, 7) is 9.09. The van der Waals surface area contributed by atoms with Crippen LogP contribution >= 0.6 is 0 Å². The van der Waals surface area contributed by atoms with Gasteiger partial charge in [0, 0.05) is 18.5 Å². The number of hydrogen-bond acceptors (Lipinski definition) is 3. The Labute approximate surface area is 98.8 Å². The van der Waals surface area contributed by atoms with Crippen molar-refractivity contribution in [3.05, 3.63) is 0 Å². The summed E-state index contributed by atoms with van der Waals surface area (Å²) in [6, 6.07) is 0.742. The molecule has 1 N–H and O–H groups in total. The largest absolute Gasteiger partial charge is 0.390 e. The normalized spacial score (nSPS) is 36.9. The molecule has 0 spiro atoms. The second-order valence-electron chi connectivity index (χ2n) is 6.53. The lowest BCUT2D eigenvalue weighted by Gasteiger charge is -2.30. The molecule has 0 radical (unpaired) electrons. The highest BCUT2D eigenvalue weighted by atomic mass is 16.5. The van der Waals surface area contributed by atoms with Crippen LogP contribution in [0.3, 0.4) is 0 Å². The summed E-state index contributed by atoms with van der Waals surface area (Å²) in [5, 5.41) is 10.4. The monoisotopic (exact) mass is 227 g/mol. The number of ether oxygens (including phenoxy) is 1. The Bertz CT molecular complexity index is 271. The number of nitrogens with zero attached hydrogens (tertiary/aromatic N) is 1. The van der Waals surface area contributed by atoms with E-state index in [1.54, 1.807) is 0 Å². The van der Waals surface area contributed by atoms with E-state index in [1.165, 1.54) is 12.8 Å². The van der Waals surface area contributed by atoms with Crippen molar-refractivity contribution in [2.45, 2.75) is 63.9 Å². The summed E-state index contributed by atoms with van der Waals surface area (Å²) in [4.78, 5) is 2.38. The average molecular weight is 227 g/mol. The molecule has 94 valence electrons. The van der Waals surface area contributed by atoms with Crippen LogP contribution in [0.25, 0.3) is 0 Å². The zero-order valence-corrected chi connectivity index (χ0v) is 11.2. The fourth-order valence-electron chi connectivity index (χ4n) is 2.97. The lowest BCUT2D eigenvalue weighted by Crippen LogP contribution is -2.42. The SMILES string of the molecule is CN(CC1C(O)C(C)(C)OC1(C)C)C1CC1. The van der Waals surface area contributed by atoms with Gasteiger partial charge >= 0.3 is 0 Å². The molecular formula is C13H25NO2. The van der Waals surface area contributed by atoms with Gasteiger partial charge in [-0.05, 0) is 47.6 Å². The molecule has 3 heteroatoms. The Hall–Kier alpha value is -0.120. The minimum absolute atomic E-state index is 0.202. The Morgan fingerprint density at radius 1 is 1.19 bits per heavy atom. The van der Waals surface area contributed by atoms with Gasteiger partial charge < -0.3 is 14.7 Å². The van der Waals surface area contributed by atoms with Gasteiger partial charge in [0.05, 0.1) is 17.3 Å². The molecular weight excluding hydrogens is 202 g/mol. The topological polar surface area (TPSA) is 32.7 Å².